The lowest BCUT2D eigenvalue weighted by Crippen LogP contribution is -2.46. The fourth-order valence-electron chi connectivity index (χ4n) is 9.18. The fraction of sp³-hybridized carbons (Fsp3) is 0.500. The van der Waals surface area contributed by atoms with Gasteiger partial charge in [0, 0.05) is 93.1 Å². The number of sulfonamides is 1. The molecule has 0 radical (unpaired) electrons. The molecule has 9 rings (SSSR count). The van der Waals surface area contributed by atoms with Gasteiger partial charge in [-0.3, -0.25) is 19.1 Å². The Hall–Kier alpha value is -4.17. The Balaban J connectivity index is 0.793. The number of likely N-dealkylation sites (tertiary alicyclic amines) is 1. The van der Waals surface area contributed by atoms with E-state index in [0.717, 1.165) is 86.8 Å². The summed E-state index contributed by atoms with van der Waals surface area (Å²) in [5, 5.41) is 7.70. The molecule has 2 aromatic carbocycles. The van der Waals surface area contributed by atoms with E-state index in [4.69, 9.17) is 4.98 Å². The van der Waals surface area contributed by atoms with E-state index in [9.17, 15) is 18.0 Å². The second-order valence-electron chi connectivity index (χ2n) is 15.7. The first-order chi connectivity index (χ1) is 25.8. The Kier molecular flexibility index (Phi) is 9.29. The predicted octanol–water partition coefficient (Wildman–Crippen LogP) is 4.48. The summed E-state index contributed by atoms with van der Waals surface area (Å²) in [6.45, 7) is 5.91. The molecule has 0 spiro atoms. The molecular weight excluding hydrogens is 689 g/mol. The molecule has 1 atom stereocenters. The molecule has 5 aliphatic rings. The van der Waals surface area contributed by atoms with Crippen LogP contribution in [0.3, 0.4) is 0 Å². The lowest BCUT2D eigenvalue weighted by atomic mass is 9.89. The number of carbonyl (C=O) groups excluding carboxylic acids is 1. The topological polar surface area (TPSA) is 133 Å². The van der Waals surface area contributed by atoms with Crippen LogP contribution in [0.15, 0.2) is 70.5 Å². The lowest BCUT2D eigenvalue weighted by molar-refractivity contribution is 0.0674. The van der Waals surface area contributed by atoms with Gasteiger partial charge in [0.2, 0.25) is 16.0 Å². The molecule has 1 amide bonds. The monoisotopic (exact) mass is 736 g/mol. The van der Waals surface area contributed by atoms with Gasteiger partial charge in [0.15, 0.2) is 0 Å². The molecule has 0 bridgehead atoms. The number of hydrogen-bond acceptors (Lipinski definition) is 9. The zero-order valence-electron chi connectivity index (χ0n) is 30.1. The Labute approximate surface area is 310 Å². The summed E-state index contributed by atoms with van der Waals surface area (Å²) in [5.41, 5.74) is 4.89. The van der Waals surface area contributed by atoms with E-state index in [-0.39, 0.29) is 29.6 Å². The van der Waals surface area contributed by atoms with Crippen LogP contribution < -0.4 is 16.2 Å². The molecule has 6 heterocycles. The molecule has 1 unspecified atom stereocenters. The number of nitrogens with zero attached hydrogens (tertiary/aromatic N) is 6. The van der Waals surface area contributed by atoms with Crippen LogP contribution in [0.5, 0.6) is 0 Å². The molecule has 3 saturated heterocycles. The van der Waals surface area contributed by atoms with Gasteiger partial charge in [-0.15, -0.1) is 0 Å². The van der Waals surface area contributed by atoms with Gasteiger partial charge < -0.3 is 15.5 Å². The summed E-state index contributed by atoms with van der Waals surface area (Å²) in [5.74, 6) is 1.04. The maximum atomic E-state index is 13.8. The van der Waals surface area contributed by atoms with E-state index in [1.165, 1.54) is 5.56 Å². The number of carbonyl (C=O) groups is 1. The molecule has 13 heteroatoms. The van der Waals surface area contributed by atoms with Gasteiger partial charge >= 0.3 is 0 Å². The number of aromatic nitrogens is 3. The van der Waals surface area contributed by atoms with Gasteiger partial charge in [-0.2, -0.15) is 9.29 Å². The number of amides is 1. The average molecular weight is 737 g/mol. The molecular formula is C40H48N8O4S. The van der Waals surface area contributed by atoms with Gasteiger partial charge in [0.25, 0.3) is 11.5 Å². The van der Waals surface area contributed by atoms with Gasteiger partial charge in [0.1, 0.15) is 5.65 Å². The first-order valence-corrected chi connectivity index (χ1v) is 20.8. The molecule has 4 aromatic rings. The molecule has 12 nitrogen and oxygen atoms in total. The Bertz CT molecular complexity index is 2180. The highest BCUT2D eigenvalue weighted by Gasteiger charge is 2.36. The van der Waals surface area contributed by atoms with Crippen molar-refractivity contribution >= 4 is 32.9 Å². The van der Waals surface area contributed by atoms with Crippen LogP contribution >= 0.6 is 0 Å². The van der Waals surface area contributed by atoms with Gasteiger partial charge in [-0.1, -0.05) is 37.1 Å². The smallest absolute Gasteiger partial charge is 0.254 e. The van der Waals surface area contributed by atoms with Crippen molar-refractivity contribution in [2.24, 2.45) is 0 Å². The van der Waals surface area contributed by atoms with Gasteiger partial charge in [-0.25, -0.2) is 13.4 Å². The van der Waals surface area contributed by atoms with E-state index >= 15 is 0 Å². The van der Waals surface area contributed by atoms with Crippen LogP contribution in [0.2, 0.25) is 0 Å². The summed E-state index contributed by atoms with van der Waals surface area (Å²) >= 11 is 0. The molecule has 1 aliphatic carbocycles. The summed E-state index contributed by atoms with van der Waals surface area (Å²) < 4.78 is 31.0. The van der Waals surface area contributed by atoms with Crippen molar-refractivity contribution in [2.75, 3.05) is 44.6 Å². The zero-order chi connectivity index (χ0) is 36.1. The summed E-state index contributed by atoms with van der Waals surface area (Å²) in [6, 6.07) is 17.6. The maximum absolute atomic E-state index is 13.8. The predicted molar refractivity (Wildman–Crippen MR) is 203 cm³/mol. The quantitative estimate of drug-likeness (QED) is 0.255. The first kappa shape index (κ1) is 34.6. The fourth-order valence-corrected chi connectivity index (χ4v) is 10.7. The van der Waals surface area contributed by atoms with Crippen molar-refractivity contribution in [3.63, 3.8) is 0 Å². The van der Waals surface area contributed by atoms with Crippen LogP contribution in [0.1, 0.15) is 90.4 Å². The number of nitrogens with one attached hydrogen (secondary N) is 2. The van der Waals surface area contributed by atoms with Crippen LogP contribution in [-0.4, -0.2) is 94.3 Å². The maximum Gasteiger partial charge on any atom is 0.254 e. The Morgan fingerprint density at radius 2 is 1.70 bits per heavy atom. The van der Waals surface area contributed by atoms with Crippen LogP contribution in [0.25, 0.3) is 11.0 Å². The van der Waals surface area contributed by atoms with E-state index in [1.54, 1.807) is 28.7 Å². The van der Waals surface area contributed by atoms with E-state index in [2.05, 4.69) is 32.7 Å². The number of piperidine rings is 2. The summed E-state index contributed by atoms with van der Waals surface area (Å²) in [6.07, 6.45) is 9.40. The molecule has 2 aromatic heterocycles. The first-order valence-electron chi connectivity index (χ1n) is 19.4. The third-order valence-electron chi connectivity index (χ3n) is 12.2. The normalized spacial score (nSPS) is 22.4. The standard InChI is InChI=1S/C40H48N8O4S/c49-37-13-11-29-21-42-40(44-38(29)48(37)33-6-1-2-7-33)43-32-14-17-46(18-15-32)53(51,52)35-9-3-5-27(19-35)23-45-24-31(25-45)28-10-12-36-30(20-28)26-47(39(36)50)34-8-4-16-41-22-34/h3,5,9-13,19-21,31-34,41H,1-2,4,6-8,14-18,22-26H2,(H,42,43,44). The lowest BCUT2D eigenvalue weighted by Gasteiger charge is -2.40. The Morgan fingerprint density at radius 3 is 2.49 bits per heavy atom. The number of fused-ring (bicyclic) bond motifs is 2. The zero-order valence-corrected chi connectivity index (χ0v) is 30.9. The number of pyridine rings is 1. The third kappa shape index (κ3) is 6.77. The number of benzene rings is 2. The van der Waals surface area contributed by atoms with Crippen molar-refractivity contribution in [1.82, 2.24) is 34.0 Å². The number of anilines is 1. The van der Waals surface area contributed by atoms with Gasteiger partial charge in [0.05, 0.1) is 4.90 Å². The molecule has 1 saturated carbocycles. The highest BCUT2D eigenvalue weighted by molar-refractivity contribution is 7.89. The molecule has 53 heavy (non-hydrogen) atoms. The Morgan fingerprint density at radius 1 is 0.887 bits per heavy atom. The second kappa shape index (κ2) is 14.2. The summed E-state index contributed by atoms with van der Waals surface area (Å²) in [7, 11) is -3.65. The van der Waals surface area contributed by atoms with Crippen molar-refractivity contribution in [1.29, 1.82) is 0 Å². The van der Waals surface area contributed by atoms with Crippen molar-refractivity contribution < 1.29 is 13.2 Å². The van der Waals surface area contributed by atoms with Crippen LogP contribution in [0, 0.1) is 0 Å². The number of rotatable bonds is 9. The molecule has 4 aliphatic heterocycles. The van der Waals surface area contributed by atoms with Crippen LogP contribution in [0.4, 0.5) is 5.95 Å². The van der Waals surface area contributed by atoms with E-state index in [1.807, 2.05) is 33.7 Å². The molecule has 4 fully saturated rings. The molecule has 278 valence electrons. The van der Waals surface area contributed by atoms with E-state index in [0.29, 0.717) is 61.4 Å². The van der Waals surface area contributed by atoms with Crippen LogP contribution in [-0.2, 0) is 23.1 Å². The van der Waals surface area contributed by atoms with Crippen molar-refractivity contribution in [3.8, 4) is 0 Å². The minimum atomic E-state index is -3.65. The third-order valence-corrected chi connectivity index (χ3v) is 14.1. The van der Waals surface area contributed by atoms with Gasteiger partial charge in [-0.05, 0) is 86.0 Å². The summed E-state index contributed by atoms with van der Waals surface area (Å²) in [4.78, 5) is 40.0. The van der Waals surface area contributed by atoms with E-state index < -0.39 is 10.0 Å². The second-order valence-corrected chi connectivity index (χ2v) is 17.6. The average Bonchev–Trinajstić information content (AvgIpc) is 3.81. The largest absolute Gasteiger partial charge is 0.351 e. The minimum Gasteiger partial charge on any atom is -0.351 e. The number of hydrogen-bond donors (Lipinski definition) is 2. The highest BCUT2D eigenvalue weighted by atomic mass is 32.2. The molecule has 2 N–H and O–H groups in total. The van der Waals surface area contributed by atoms with Crippen molar-refractivity contribution in [2.45, 2.75) is 93.4 Å². The SMILES string of the molecule is O=C1c2ccc(C3CN(Cc4cccc(S(=O)(=O)N5CCC(Nc6ncc7ccc(=O)n(C8CCCC8)c7n6)CC5)c4)C3)cc2CN1C1CCCNC1. The highest BCUT2D eigenvalue weighted by Crippen LogP contribution is 2.34. The van der Waals surface area contributed by atoms with Crippen molar-refractivity contribution in [3.05, 3.63) is 93.4 Å². The minimum absolute atomic E-state index is 0.0271.